The number of likely N-dealkylation sites (N-methyl/N-ethyl adjacent to an activating group) is 1. The highest BCUT2D eigenvalue weighted by molar-refractivity contribution is 5.29. The Morgan fingerprint density at radius 1 is 1.19 bits per heavy atom. The topological polar surface area (TPSA) is 0 Å². The molecular formula is C15H26N+. The molecule has 1 aliphatic carbocycles. The summed E-state index contributed by atoms with van der Waals surface area (Å²) >= 11 is 0. The van der Waals surface area contributed by atoms with Crippen LogP contribution in [-0.4, -0.2) is 30.2 Å². The number of quaternary nitrogens is 1. The standard InChI is InChI=1S/C15H26N/c1-12-10-15(2)14-7-5-4-6-13(14)8-9-16(15,3)11-12/h12H,4-11H2,1-3H3/q+1/t12-,15+,16?/m1/s1. The van der Waals surface area contributed by atoms with Gasteiger partial charge in [-0.1, -0.05) is 12.5 Å². The molecule has 1 nitrogen and oxygen atoms in total. The van der Waals surface area contributed by atoms with Crippen LogP contribution in [0, 0.1) is 5.92 Å². The molecule has 0 N–H and O–H groups in total. The molecule has 0 aromatic carbocycles. The molecule has 90 valence electrons. The minimum Gasteiger partial charge on any atom is -0.317 e. The summed E-state index contributed by atoms with van der Waals surface area (Å²) in [5.74, 6) is 0.920. The van der Waals surface area contributed by atoms with Crippen molar-refractivity contribution >= 4 is 0 Å². The molecule has 3 atom stereocenters. The fourth-order valence-corrected chi connectivity index (χ4v) is 4.92. The minimum absolute atomic E-state index is 0.507. The SMILES string of the molecule is C[C@@H]1C[C@@]2(C)C3=C(CCCC3)CC[N+]2(C)C1. The van der Waals surface area contributed by atoms with Gasteiger partial charge in [0.1, 0.15) is 5.54 Å². The largest absolute Gasteiger partial charge is 0.317 e. The van der Waals surface area contributed by atoms with Gasteiger partial charge in [0.15, 0.2) is 0 Å². The first kappa shape index (κ1) is 10.8. The summed E-state index contributed by atoms with van der Waals surface area (Å²) in [6.45, 7) is 7.83. The van der Waals surface area contributed by atoms with E-state index in [0.717, 1.165) is 5.92 Å². The quantitative estimate of drug-likeness (QED) is 0.433. The first-order chi connectivity index (χ1) is 7.55. The van der Waals surface area contributed by atoms with Gasteiger partial charge in [-0.3, -0.25) is 0 Å². The van der Waals surface area contributed by atoms with Crippen molar-refractivity contribution in [1.82, 2.24) is 0 Å². The van der Waals surface area contributed by atoms with Gasteiger partial charge in [0.25, 0.3) is 0 Å². The van der Waals surface area contributed by atoms with Crippen molar-refractivity contribution in [3.05, 3.63) is 11.1 Å². The van der Waals surface area contributed by atoms with E-state index < -0.39 is 0 Å². The van der Waals surface area contributed by atoms with Crippen molar-refractivity contribution in [3.63, 3.8) is 0 Å². The summed E-state index contributed by atoms with van der Waals surface area (Å²) in [6, 6.07) is 0. The highest BCUT2D eigenvalue weighted by Gasteiger charge is 2.56. The van der Waals surface area contributed by atoms with Crippen molar-refractivity contribution in [1.29, 1.82) is 0 Å². The Kier molecular flexibility index (Phi) is 2.27. The van der Waals surface area contributed by atoms with Gasteiger partial charge in [-0.05, 0) is 38.2 Å². The second-order valence-corrected chi connectivity index (χ2v) is 6.92. The van der Waals surface area contributed by atoms with E-state index in [0.29, 0.717) is 5.54 Å². The van der Waals surface area contributed by atoms with Gasteiger partial charge in [0.05, 0.1) is 20.1 Å². The van der Waals surface area contributed by atoms with E-state index in [2.05, 4.69) is 20.9 Å². The molecule has 1 unspecified atom stereocenters. The van der Waals surface area contributed by atoms with E-state index in [9.17, 15) is 0 Å². The lowest BCUT2D eigenvalue weighted by molar-refractivity contribution is -0.941. The van der Waals surface area contributed by atoms with Gasteiger partial charge in [0, 0.05) is 18.8 Å². The van der Waals surface area contributed by atoms with Crippen molar-refractivity contribution in [2.24, 2.45) is 5.92 Å². The van der Waals surface area contributed by atoms with Crippen LogP contribution in [0.15, 0.2) is 11.1 Å². The first-order valence-corrected chi connectivity index (χ1v) is 7.11. The number of hydrogen-bond acceptors (Lipinski definition) is 0. The Labute approximate surface area is 100 Å². The van der Waals surface area contributed by atoms with E-state index in [1.54, 1.807) is 0 Å². The number of fused-ring (bicyclic) bond motifs is 2. The maximum atomic E-state index is 2.57. The Morgan fingerprint density at radius 2 is 1.94 bits per heavy atom. The summed E-state index contributed by atoms with van der Waals surface area (Å²) in [6.07, 6.45) is 8.55. The van der Waals surface area contributed by atoms with Crippen LogP contribution in [0.4, 0.5) is 0 Å². The molecule has 1 heteroatoms. The van der Waals surface area contributed by atoms with Gasteiger partial charge in [-0.15, -0.1) is 0 Å². The van der Waals surface area contributed by atoms with E-state index >= 15 is 0 Å². The minimum atomic E-state index is 0.507. The number of rotatable bonds is 0. The van der Waals surface area contributed by atoms with Gasteiger partial charge >= 0.3 is 0 Å². The van der Waals surface area contributed by atoms with Crippen LogP contribution in [0.3, 0.4) is 0 Å². The molecule has 0 radical (unpaired) electrons. The summed E-state index contributed by atoms with van der Waals surface area (Å²) in [4.78, 5) is 0. The fraction of sp³-hybridized carbons (Fsp3) is 0.867. The van der Waals surface area contributed by atoms with Crippen LogP contribution in [0.5, 0.6) is 0 Å². The molecule has 3 aliphatic rings. The summed E-state index contributed by atoms with van der Waals surface area (Å²) in [5.41, 5.74) is 4.25. The van der Waals surface area contributed by atoms with Crippen molar-refractivity contribution in [3.8, 4) is 0 Å². The Balaban J connectivity index is 2.06. The Hall–Kier alpha value is -0.300. The Bertz CT molecular complexity index is 343. The Morgan fingerprint density at radius 3 is 2.75 bits per heavy atom. The summed E-state index contributed by atoms with van der Waals surface area (Å²) in [7, 11) is 2.52. The molecule has 3 rings (SSSR count). The average molecular weight is 220 g/mol. The lowest BCUT2D eigenvalue weighted by Gasteiger charge is -2.51. The molecule has 16 heavy (non-hydrogen) atoms. The first-order valence-electron chi connectivity index (χ1n) is 7.11. The molecule has 0 aromatic heterocycles. The number of hydrogen-bond donors (Lipinski definition) is 0. The predicted octanol–water partition coefficient (Wildman–Crippen LogP) is 3.51. The molecule has 0 saturated carbocycles. The van der Waals surface area contributed by atoms with E-state index in [1.807, 2.05) is 11.1 Å². The molecule has 1 fully saturated rings. The molecule has 0 amide bonds. The maximum Gasteiger partial charge on any atom is 0.118 e. The lowest BCUT2D eigenvalue weighted by atomic mass is 9.73. The molecule has 0 bridgehead atoms. The summed E-state index contributed by atoms with van der Waals surface area (Å²) in [5, 5.41) is 0. The van der Waals surface area contributed by atoms with Crippen LogP contribution >= 0.6 is 0 Å². The third kappa shape index (κ3) is 1.27. The lowest BCUT2D eigenvalue weighted by Crippen LogP contribution is -2.60. The average Bonchev–Trinajstić information content (AvgIpc) is 2.49. The molecule has 0 spiro atoms. The van der Waals surface area contributed by atoms with E-state index in [4.69, 9.17) is 0 Å². The van der Waals surface area contributed by atoms with E-state index in [1.165, 1.54) is 56.1 Å². The highest BCUT2D eigenvalue weighted by atomic mass is 15.4. The monoisotopic (exact) mass is 220 g/mol. The second-order valence-electron chi connectivity index (χ2n) is 6.92. The van der Waals surface area contributed by atoms with Crippen molar-refractivity contribution in [2.45, 2.75) is 57.9 Å². The third-order valence-electron chi connectivity index (χ3n) is 5.79. The van der Waals surface area contributed by atoms with Gasteiger partial charge in [-0.25, -0.2) is 0 Å². The smallest absolute Gasteiger partial charge is 0.118 e. The van der Waals surface area contributed by atoms with E-state index in [-0.39, 0.29) is 0 Å². The van der Waals surface area contributed by atoms with Crippen molar-refractivity contribution < 1.29 is 4.48 Å². The highest BCUT2D eigenvalue weighted by Crippen LogP contribution is 2.51. The zero-order valence-corrected chi connectivity index (χ0v) is 11.2. The predicted molar refractivity (Wildman–Crippen MR) is 68.2 cm³/mol. The van der Waals surface area contributed by atoms with Crippen molar-refractivity contribution in [2.75, 3.05) is 20.1 Å². The molecule has 0 aromatic rings. The fourth-order valence-electron chi connectivity index (χ4n) is 4.92. The van der Waals surface area contributed by atoms with Crippen LogP contribution < -0.4 is 0 Å². The maximum absolute atomic E-state index is 2.57. The van der Waals surface area contributed by atoms with Crippen LogP contribution in [0.25, 0.3) is 0 Å². The molecule has 2 heterocycles. The normalized spacial score (nSPS) is 47.8. The second kappa shape index (κ2) is 3.35. The summed E-state index contributed by atoms with van der Waals surface area (Å²) < 4.78 is 1.34. The molecule has 1 saturated heterocycles. The zero-order valence-electron chi connectivity index (χ0n) is 11.2. The van der Waals surface area contributed by atoms with Crippen LogP contribution in [0.1, 0.15) is 52.4 Å². The van der Waals surface area contributed by atoms with Gasteiger partial charge in [0.2, 0.25) is 0 Å². The van der Waals surface area contributed by atoms with Crippen LogP contribution in [-0.2, 0) is 0 Å². The number of nitrogens with zero attached hydrogens (tertiary/aromatic N) is 1. The van der Waals surface area contributed by atoms with Gasteiger partial charge in [-0.2, -0.15) is 0 Å². The van der Waals surface area contributed by atoms with Crippen LogP contribution in [0.2, 0.25) is 0 Å². The zero-order chi connectivity index (χ0) is 11.4. The molecular weight excluding hydrogens is 194 g/mol. The molecule has 2 aliphatic heterocycles. The third-order valence-corrected chi connectivity index (χ3v) is 5.79. The van der Waals surface area contributed by atoms with Gasteiger partial charge < -0.3 is 4.48 Å².